The Morgan fingerprint density at radius 1 is 0.275 bits per heavy atom. The Bertz CT molecular complexity index is 1800. The average molecular weight is 1340 g/mol. The molecular formula is C72H140O17P2. The van der Waals surface area contributed by atoms with E-state index in [1.807, 2.05) is 0 Å². The van der Waals surface area contributed by atoms with Gasteiger partial charge in [0.2, 0.25) is 0 Å². The molecule has 0 heterocycles. The lowest BCUT2D eigenvalue weighted by Crippen LogP contribution is -2.30. The smallest absolute Gasteiger partial charge is 0.462 e. The summed E-state index contributed by atoms with van der Waals surface area (Å²) in [5.74, 6) is 0.860. The molecule has 0 bridgehead atoms. The first-order chi connectivity index (χ1) is 43.6. The van der Waals surface area contributed by atoms with Crippen LogP contribution in [0.3, 0.4) is 0 Å². The minimum Gasteiger partial charge on any atom is -0.462 e. The summed E-state index contributed by atoms with van der Waals surface area (Å²) in [7, 11) is -9.91. The van der Waals surface area contributed by atoms with Crippen LogP contribution in [0, 0.1) is 23.7 Å². The van der Waals surface area contributed by atoms with Gasteiger partial charge >= 0.3 is 39.5 Å². The Balaban J connectivity index is 5.24. The van der Waals surface area contributed by atoms with Crippen LogP contribution in [-0.2, 0) is 65.4 Å². The van der Waals surface area contributed by atoms with E-state index < -0.39 is 97.5 Å². The predicted octanol–water partition coefficient (Wildman–Crippen LogP) is 20.5. The van der Waals surface area contributed by atoms with Crippen molar-refractivity contribution in [1.82, 2.24) is 0 Å². The normalized spacial score (nSPS) is 14.2. The van der Waals surface area contributed by atoms with Crippen LogP contribution in [0.2, 0.25) is 0 Å². The Morgan fingerprint density at radius 3 is 0.681 bits per heavy atom. The molecule has 0 aromatic carbocycles. The van der Waals surface area contributed by atoms with Gasteiger partial charge in [0.05, 0.1) is 26.4 Å². The first-order valence-corrected chi connectivity index (χ1v) is 40.2. The zero-order valence-corrected chi connectivity index (χ0v) is 61.3. The van der Waals surface area contributed by atoms with E-state index in [-0.39, 0.29) is 25.7 Å². The molecule has 0 spiro atoms. The minimum atomic E-state index is -4.95. The third kappa shape index (κ3) is 66.5. The summed E-state index contributed by atoms with van der Waals surface area (Å²) in [5.41, 5.74) is 0. The number of hydrogen-bond acceptors (Lipinski definition) is 15. The van der Waals surface area contributed by atoms with Gasteiger partial charge in [-0.05, 0) is 49.4 Å². The van der Waals surface area contributed by atoms with Gasteiger partial charge in [0.25, 0.3) is 0 Å². The molecule has 17 nitrogen and oxygen atoms in total. The second kappa shape index (κ2) is 61.6. The van der Waals surface area contributed by atoms with Gasteiger partial charge < -0.3 is 33.8 Å². The lowest BCUT2D eigenvalue weighted by Gasteiger charge is -2.21. The van der Waals surface area contributed by atoms with Gasteiger partial charge in [-0.15, -0.1) is 0 Å². The second-order valence-corrected chi connectivity index (χ2v) is 30.8. The van der Waals surface area contributed by atoms with Gasteiger partial charge in [-0.2, -0.15) is 0 Å². The van der Waals surface area contributed by atoms with Crippen LogP contribution in [-0.4, -0.2) is 96.7 Å². The Morgan fingerprint density at radius 2 is 0.462 bits per heavy atom. The van der Waals surface area contributed by atoms with Crippen LogP contribution >= 0.6 is 15.6 Å². The van der Waals surface area contributed by atoms with E-state index in [0.29, 0.717) is 25.7 Å². The monoisotopic (exact) mass is 1340 g/mol. The van der Waals surface area contributed by atoms with Crippen LogP contribution in [0.25, 0.3) is 0 Å². The molecule has 19 heteroatoms. The molecule has 0 amide bonds. The summed E-state index contributed by atoms with van der Waals surface area (Å²) >= 11 is 0. The van der Waals surface area contributed by atoms with Gasteiger partial charge in [-0.3, -0.25) is 37.3 Å². The van der Waals surface area contributed by atoms with Crippen LogP contribution in [0.4, 0.5) is 0 Å². The maximum absolute atomic E-state index is 13.0. The molecule has 0 rings (SSSR count). The number of phosphoric ester groups is 2. The largest absolute Gasteiger partial charge is 0.472 e. The molecular weight excluding hydrogens is 1200 g/mol. The van der Waals surface area contributed by atoms with Crippen molar-refractivity contribution >= 4 is 39.5 Å². The minimum absolute atomic E-state index is 0.104. The highest BCUT2D eigenvalue weighted by Gasteiger charge is 2.30. The topological polar surface area (TPSA) is 237 Å². The van der Waals surface area contributed by atoms with Gasteiger partial charge in [-0.25, -0.2) is 9.13 Å². The molecule has 0 fully saturated rings. The van der Waals surface area contributed by atoms with Crippen LogP contribution in [0.15, 0.2) is 0 Å². The van der Waals surface area contributed by atoms with Crippen molar-refractivity contribution in [2.75, 3.05) is 39.6 Å². The van der Waals surface area contributed by atoms with Crippen molar-refractivity contribution in [2.45, 2.75) is 375 Å². The van der Waals surface area contributed by atoms with Gasteiger partial charge in [-0.1, -0.05) is 306 Å². The van der Waals surface area contributed by atoms with Crippen molar-refractivity contribution in [3.05, 3.63) is 0 Å². The SMILES string of the molecule is CC(C)CCCCCCCCCCCCCCCC(=O)OC[C@H](COP(=O)(O)OCC(O)COP(=O)(O)OC[C@@H](COC(=O)CCCCCCCCCCC(C)C)OC(=O)CCCCCCCCCCCCC(C)C)OC(=O)CCCCCCCCCCC(C)C. The number of ether oxygens (including phenoxy) is 4. The van der Waals surface area contributed by atoms with Crippen LogP contribution in [0.1, 0.15) is 357 Å². The number of hydrogen-bond donors (Lipinski definition) is 3. The summed E-state index contributed by atoms with van der Waals surface area (Å²) in [4.78, 5) is 72.6. The molecule has 0 aromatic rings. The van der Waals surface area contributed by atoms with Gasteiger partial charge in [0.1, 0.15) is 19.3 Å². The Kier molecular flexibility index (Phi) is 60.3. The molecule has 0 saturated carbocycles. The average Bonchev–Trinajstić information content (AvgIpc) is 2.58. The highest BCUT2D eigenvalue weighted by atomic mass is 31.2. The highest BCUT2D eigenvalue weighted by molar-refractivity contribution is 7.47. The van der Waals surface area contributed by atoms with E-state index in [1.54, 1.807) is 0 Å². The molecule has 3 unspecified atom stereocenters. The summed E-state index contributed by atoms with van der Waals surface area (Å²) in [6.07, 6.45) is 44.5. The van der Waals surface area contributed by atoms with E-state index in [4.69, 9.17) is 37.0 Å². The molecule has 91 heavy (non-hydrogen) atoms. The zero-order valence-electron chi connectivity index (χ0n) is 59.5. The molecule has 3 N–H and O–H groups in total. The van der Waals surface area contributed by atoms with E-state index in [9.17, 15) is 43.2 Å². The number of aliphatic hydroxyl groups is 1. The number of aliphatic hydroxyl groups excluding tert-OH is 1. The van der Waals surface area contributed by atoms with Crippen molar-refractivity contribution in [3.8, 4) is 0 Å². The fourth-order valence-corrected chi connectivity index (χ4v) is 12.4. The third-order valence-corrected chi connectivity index (χ3v) is 18.5. The maximum atomic E-state index is 13.0. The van der Waals surface area contributed by atoms with E-state index in [0.717, 1.165) is 114 Å². The molecule has 0 aliphatic heterocycles. The quantitative estimate of drug-likeness (QED) is 0.0222. The lowest BCUT2D eigenvalue weighted by atomic mass is 10.0. The van der Waals surface area contributed by atoms with Crippen molar-refractivity contribution in [2.24, 2.45) is 23.7 Å². The standard InChI is InChI=1S/C72H140O17P2/c1-62(2)48-40-32-24-16-12-10-9-11-13-18-28-36-44-52-69(74)82-58-68(89-72(77)55-47-39-31-23-21-27-35-43-51-65(7)8)61-87-91(80,81)85-57-66(73)56-84-90(78,79)86-60-67(59-83-70(75)53-45-37-29-22-20-26-34-42-50-64(5)6)88-71(76)54-46-38-30-19-15-14-17-25-33-41-49-63(3)4/h62-68,73H,9-61H2,1-8H3,(H,78,79)(H,80,81)/t66?,67-,68-/m1/s1. The number of phosphoric acid groups is 2. The third-order valence-electron chi connectivity index (χ3n) is 16.6. The number of esters is 4. The highest BCUT2D eigenvalue weighted by Crippen LogP contribution is 2.45. The summed E-state index contributed by atoms with van der Waals surface area (Å²) in [6.45, 7) is 14.1. The molecule has 0 radical (unpaired) electrons. The number of unbranched alkanes of at least 4 members (excludes halogenated alkanes) is 35. The van der Waals surface area contributed by atoms with E-state index in [1.165, 1.54) is 161 Å². The molecule has 0 saturated heterocycles. The lowest BCUT2D eigenvalue weighted by molar-refractivity contribution is -0.161. The van der Waals surface area contributed by atoms with Crippen LogP contribution < -0.4 is 0 Å². The van der Waals surface area contributed by atoms with E-state index in [2.05, 4.69) is 55.4 Å². The summed E-state index contributed by atoms with van der Waals surface area (Å²) < 4.78 is 68.4. The van der Waals surface area contributed by atoms with Gasteiger partial charge in [0.15, 0.2) is 12.2 Å². The van der Waals surface area contributed by atoms with E-state index >= 15 is 0 Å². The second-order valence-electron chi connectivity index (χ2n) is 27.9. The predicted molar refractivity (Wildman–Crippen MR) is 367 cm³/mol. The summed E-state index contributed by atoms with van der Waals surface area (Å²) in [6, 6.07) is 0. The number of carbonyl (C=O) groups excluding carboxylic acids is 4. The molecule has 0 aliphatic carbocycles. The molecule has 0 aliphatic rings. The maximum Gasteiger partial charge on any atom is 0.472 e. The fraction of sp³-hybridized carbons (Fsp3) is 0.944. The van der Waals surface area contributed by atoms with Crippen molar-refractivity contribution < 1.29 is 80.2 Å². The Labute approximate surface area is 556 Å². The molecule has 540 valence electrons. The van der Waals surface area contributed by atoms with Crippen LogP contribution in [0.5, 0.6) is 0 Å². The fourth-order valence-electron chi connectivity index (χ4n) is 10.8. The van der Waals surface area contributed by atoms with Crippen molar-refractivity contribution in [3.63, 3.8) is 0 Å². The zero-order chi connectivity index (χ0) is 67.5. The molecule has 0 aromatic heterocycles. The summed E-state index contributed by atoms with van der Waals surface area (Å²) in [5, 5.41) is 10.6. The number of rotatable bonds is 69. The van der Waals surface area contributed by atoms with Gasteiger partial charge in [0, 0.05) is 25.7 Å². The first kappa shape index (κ1) is 89.1. The Hall–Kier alpha value is -1.94. The molecule has 5 atom stereocenters. The first-order valence-electron chi connectivity index (χ1n) is 37.2. The number of carbonyl (C=O) groups is 4. The van der Waals surface area contributed by atoms with Crippen molar-refractivity contribution in [1.29, 1.82) is 0 Å².